The van der Waals surface area contributed by atoms with Gasteiger partial charge in [-0.05, 0) is 29.8 Å². The van der Waals surface area contributed by atoms with Crippen LogP contribution in [0.25, 0.3) is 5.69 Å². The number of hydrogen-bond donors (Lipinski definition) is 1. The smallest absolute Gasteiger partial charge is 0.189 e. The topological polar surface area (TPSA) is 58.9 Å². The molecule has 0 amide bonds. The van der Waals surface area contributed by atoms with E-state index in [4.69, 9.17) is 0 Å². The molecule has 0 spiro atoms. The predicted molar refractivity (Wildman–Crippen MR) is 72.0 cm³/mol. The van der Waals surface area contributed by atoms with Crippen LogP contribution in [0.15, 0.2) is 18.2 Å². The second-order valence-corrected chi connectivity index (χ2v) is 4.98. The van der Waals surface area contributed by atoms with Gasteiger partial charge in [0, 0.05) is 26.2 Å². The lowest BCUT2D eigenvalue weighted by molar-refractivity contribution is 0.228. The lowest BCUT2D eigenvalue weighted by atomic mass is 10.2. The van der Waals surface area contributed by atoms with Crippen LogP contribution < -0.4 is 5.32 Å². The quantitative estimate of drug-likeness (QED) is 0.885. The van der Waals surface area contributed by atoms with Crippen molar-refractivity contribution in [1.82, 2.24) is 30.4 Å². The Labute approximate surface area is 116 Å². The first-order valence-corrected chi connectivity index (χ1v) is 6.71. The predicted octanol–water partition coefficient (Wildman–Crippen LogP) is 0.515. The summed E-state index contributed by atoms with van der Waals surface area (Å²) in [5.74, 6) is 0.273. The third-order valence-corrected chi connectivity index (χ3v) is 3.35. The van der Waals surface area contributed by atoms with Crippen LogP contribution in [0.4, 0.5) is 4.39 Å². The van der Waals surface area contributed by atoms with E-state index in [1.165, 1.54) is 10.9 Å². The van der Waals surface area contributed by atoms with Crippen LogP contribution in [0.3, 0.4) is 0 Å². The van der Waals surface area contributed by atoms with Gasteiger partial charge in [-0.2, -0.15) is 0 Å². The van der Waals surface area contributed by atoms with Gasteiger partial charge in [-0.25, -0.2) is 4.39 Å². The molecule has 0 saturated carbocycles. The van der Waals surface area contributed by atoms with Gasteiger partial charge >= 0.3 is 0 Å². The zero-order valence-corrected chi connectivity index (χ0v) is 11.4. The fraction of sp³-hybridized carbons (Fsp3) is 0.462. The average molecular weight is 276 g/mol. The maximum Gasteiger partial charge on any atom is 0.189 e. The SMILES string of the molecule is Cc1ccc(F)c(-n2nnc(CN3CCNCC3)n2)c1. The minimum atomic E-state index is -0.346. The highest BCUT2D eigenvalue weighted by Gasteiger charge is 2.14. The molecule has 7 heteroatoms. The standard InChI is InChI=1S/C13H17FN6/c1-10-2-3-11(14)12(8-10)20-17-13(16-18-20)9-19-6-4-15-5-7-19/h2-3,8,15H,4-7,9H2,1H3. The van der Waals surface area contributed by atoms with Crippen LogP contribution in [0.2, 0.25) is 0 Å². The number of rotatable bonds is 3. The third kappa shape index (κ3) is 2.83. The summed E-state index contributed by atoms with van der Waals surface area (Å²) in [5.41, 5.74) is 1.30. The third-order valence-electron chi connectivity index (χ3n) is 3.35. The second kappa shape index (κ2) is 5.64. The van der Waals surface area contributed by atoms with E-state index in [0.29, 0.717) is 18.1 Å². The van der Waals surface area contributed by atoms with Crippen molar-refractivity contribution in [3.8, 4) is 5.69 Å². The van der Waals surface area contributed by atoms with E-state index in [0.717, 1.165) is 31.7 Å². The Balaban J connectivity index is 1.77. The number of aromatic nitrogens is 4. The molecule has 1 aromatic heterocycles. The Morgan fingerprint density at radius 3 is 2.90 bits per heavy atom. The van der Waals surface area contributed by atoms with Crippen molar-refractivity contribution in [2.75, 3.05) is 26.2 Å². The van der Waals surface area contributed by atoms with E-state index >= 15 is 0 Å². The molecule has 1 fully saturated rings. The lowest BCUT2D eigenvalue weighted by Crippen LogP contribution is -2.43. The van der Waals surface area contributed by atoms with Crippen molar-refractivity contribution in [2.24, 2.45) is 0 Å². The molecule has 6 nitrogen and oxygen atoms in total. The molecule has 1 aliphatic rings. The molecule has 1 aromatic carbocycles. The zero-order valence-electron chi connectivity index (χ0n) is 11.4. The number of nitrogens with one attached hydrogen (secondary N) is 1. The van der Waals surface area contributed by atoms with Crippen LogP contribution in [-0.4, -0.2) is 51.3 Å². The van der Waals surface area contributed by atoms with Crippen LogP contribution in [0.5, 0.6) is 0 Å². The summed E-state index contributed by atoms with van der Waals surface area (Å²) in [6.45, 7) is 6.43. The molecular formula is C13H17FN6. The molecule has 0 aliphatic carbocycles. The lowest BCUT2D eigenvalue weighted by Gasteiger charge is -2.25. The van der Waals surface area contributed by atoms with Crippen molar-refractivity contribution in [3.05, 3.63) is 35.4 Å². The average Bonchev–Trinajstić information content (AvgIpc) is 2.91. The fourth-order valence-corrected chi connectivity index (χ4v) is 2.25. The van der Waals surface area contributed by atoms with E-state index < -0.39 is 0 Å². The van der Waals surface area contributed by atoms with E-state index in [1.54, 1.807) is 12.1 Å². The van der Waals surface area contributed by atoms with E-state index in [2.05, 4.69) is 25.6 Å². The van der Waals surface area contributed by atoms with Gasteiger partial charge in [0.05, 0.1) is 6.54 Å². The molecular weight excluding hydrogens is 259 g/mol. The minimum absolute atomic E-state index is 0.337. The molecule has 106 valence electrons. The van der Waals surface area contributed by atoms with Gasteiger partial charge in [-0.3, -0.25) is 4.90 Å². The van der Waals surface area contributed by atoms with Gasteiger partial charge in [0.15, 0.2) is 11.6 Å². The highest BCUT2D eigenvalue weighted by molar-refractivity contribution is 5.34. The summed E-state index contributed by atoms with van der Waals surface area (Å²) >= 11 is 0. The maximum absolute atomic E-state index is 13.8. The van der Waals surface area contributed by atoms with Crippen LogP contribution >= 0.6 is 0 Å². The number of benzene rings is 1. The second-order valence-electron chi connectivity index (χ2n) is 4.98. The monoisotopic (exact) mass is 276 g/mol. The molecule has 0 radical (unpaired) electrons. The van der Waals surface area contributed by atoms with Crippen LogP contribution in [0.1, 0.15) is 11.4 Å². The van der Waals surface area contributed by atoms with Gasteiger partial charge in [0.1, 0.15) is 5.69 Å². The molecule has 1 aliphatic heterocycles. The normalized spacial score (nSPS) is 16.5. The molecule has 2 aromatic rings. The van der Waals surface area contributed by atoms with Crippen molar-refractivity contribution in [3.63, 3.8) is 0 Å². The van der Waals surface area contributed by atoms with Gasteiger partial charge in [-0.1, -0.05) is 6.07 Å². The summed E-state index contributed by atoms with van der Waals surface area (Å²) in [4.78, 5) is 3.52. The Morgan fingerprint density at radius 1 is 1.30 bits per heavy atom. The maximum atomic E-state index is 13.8. The summed E-state index contributed by atoms with van der Waals surface area (Å²) in [6.07, 6.45) is 0. The van der Waals surface area contributed by atoms with Gasteiger partial charge < -0.3 is 5.32 Å². The van der Waals surface area contributed by atoms with Crippen molar-refractivity contribution in [1.29, 1.82) is 0 Å². The first-order valence-electron chi connectivity index (χ1n) is 6.71. The van der Waals surface area contributed by atoms with Crippen LogP contribution in [-0.2, 0) is 6.54 Å². The molecule has 3 rings (SSSR count). The Kier molecular flexibility index (Phi) is 3.70. The number of hydrogen-bond acceptors (Lipinski definition) is 5. The number of halogens is 1. The van der Waals surface area contributed by atoms with Crippen molar-refractivity contribution < 1.29 is 4.39 Å². The largest absolute Gasteiger partial charge is 0.314 e. The number of nitrogens with zero attached hydrogens (tertiary/aromatic N) is 5. The first kappa shape index (κ1) is 13.1. The molecule has 2 heterocycles. The van der Waals surface area contributed by atoms with Crippen LogP contribution in [0, 0.1) is 12.7 Å². The molecule has 0 unspecified atom stereocenters. The fourth-order valence-electron chi connectivity index (χ4n) is 2.25. The molecule has 1 N–H and O–H groups in total. The zero-order chi connectivity index (χ0) is 13.9. The van der Waals surface area contributed by atoms with Gasteiger partial charge in [-0.15, -0.1) is 15.0 Å². The van der Waals surface area contributed by atoms with Crippen molar-refractivity contribution in [2.45, 2.75) is 13.5 Å². The number of tetrazole rings is 1. The summed E-state index contributed by atoms with van der Waals surface area (Å²) in [7, 11) is 0. The molecule has 0 atom stereocenters. The summed E-state index contributed by atoms with van der Waals surface area (Å²) < 4.78 is 13.8. The van der Waals surface area contributed by atoms with Gasteiger partial charge in [0.2, 0.25) is 0 Å². The summed E-state index contributed by atoms with van der Waals surface area (Å²) in [5, 5.41) is 15.5. The molecule has 1 saturated heterocycles. The Hall–Kier alpha value is -1.86. The number of piperazine rings is 1. The highest BCUT2D eigenvalue weighted by Crippen LogP contribution is 2.13. The molecule has 20 heavy (non-hydrogen) atoms. The van der Waals surface area contributed by atoms with E-state index in [1.807, 2.05) is 6.92 Å². The molecule has 0 bridgehead atoms. The number of aryl methyl sites for hydroxylation is 1. The summed E-state index contributed by atoms with van der Waals surface area (Å²) in [6, 6.07) is 4.85. The van der Waals surface area contributed by atoms with E-state index in [-0.39, 0.29) is 5.82 Å². The Morgan fingerprint density at radius 2 is 2.10 bits per heavy atom. The van der Waals surface area contributed by atoms with Gasteiger partial charge in [0.25, 0.3) is 0 Å². The van der Waals surface area contributed by atoms with E-state index in [9.17, 15) is 4.39 Å². The Bertz CT molecular complexity index is 590. The first-order chi connectivity index (χ1) is 9.72. The minimum Gasteiger partial charge on any atom is -0.314 e. The van der Waals surface area contributed by atoms with Crippen molar-refractivity contribution >= 4 is 0 Å². The highest BCUT2D eigenvalue weighted by atomic mass is 19.1.